The highest BCUT2D eigenvalue weighted by Crippen LogP contribution is 2.30. The van der Waals surface area contributed by atoms with Crippen molar-refractivity contribution >= 4 is 17.7 Å². The number of methoxy groups -OCH3 is 3. The molecule has 0 saturated carbocycles. The van der Waals surface area contributed by atoms with Crippen LogP contribution < -0.4 is 34.9 Å². The molecule has 61 heavy (non-hydrogen) atoms. The fourth-order valence-electron chi connectivity index (χ4n) is 5.50. The highest BCUT2D eigenvalue weighted by molar-refractivity contribution is 6.08. The van der Waals surface area contributed by atoms with Crippen molar-refractivity contribution in [3.8, 4) is 40.7 Å². The van der Waals surface area contributed by atoms with Crippen molar-refractivity contribution in [2.75, 3.05) is 28.4 Å². The molecule has 1 atom stereocenters. The smallest absolute Gasteiger partial charge is 0.431 e. The minimum atomic E-state index is -4.84. The molecule has 0 aliphatic carbocycles. The topological polar surface area (TPSA) is 201 Å². The number of aromatic nitrogens is 4. The maximum Gasteiger partial charge on any atom is 0.431 e. The van der Waals surface area contributed by atoms with E-state index >= 15 is 0 Å². The van der Waals surface area contributed by atoms with Crippen molar-refractivity contribution in [2.45, 2.75) is 46.1 Å². The summed E-state index contributed by atoms with van der Waals surface area (Å²) in [7, 11) is 6.45. The molecule has 0 fully saturated rings. The van der Waals surface area contributed by atoms with E-state index in [9.17, 15) is 37.5 Å². The molecule has 0 radical (unpaired) electrons. The number of carbonyl (C=O) groups is 2. The second-order valence-electron chi connectivity index (χ2n) is 12.6. The number of rotatable bonds is 15. The molecule has 2 heterocycles. The molecule has 5 aromatic rings. The number of carboxylic acid groups (broad SMARTS) is 1. The van der Waals surface area contributed by atoms with E-state index in [1.165, 1.54) is 64.8 Å². The lowest BCUT2D eigenvalue weighted by molar-refractivity contribution is -0.148. The molecule has 1 N–H and O–H groups in total. The second-order valence-corrected chi connectivity index (χ2v) is 12.6. The summed E-state index contributed by atoms with van der Waals surface area (Å²) in [6.45, 7) is 5.26. The molecule has 0 saturated heterocycles. The van der Waals surface area contributed by atoms with E-state index in [4.69, 9.17) is 33.3 Å². The quantitative estimate of drug-likeness (QED) is 0.0731. The Balaban J connectivity index is 0.000000287. The van der Waals surface area contributed by atoms with Crippen LogP contribution in [0.1, 0.15) is 53.5 Å². The number of benzene rings is 3. The van der Waals surface area contributed by atoms with Gasteiger partial charge in [-0.2, -0.15) is 23.1 Å². The molecule has 1 unspecified atom stereocenters. The van der Waals surface area contributed by atoms with Crippen LogP contribution in [0.2, 0.25) is 0 Å². The lowest BCUT2D eigenvalue weighted by atomic mass is 10.0. The van der Waals surface area contributed by atoms with E-state index in [-0.39, 0.29) is 41.4 Å². The van der Waals surface area contributed by atoms with Gasteiger partial charge in [-0.15, -0.1) is 0 Å². The van der Waals surface area contributed by atoms with Gasteiger partial charge in [0.1, 0.15) is 42.2 Å². The van der Waals surface area contributed by atoms with Gasteiger partial charge in [-0.05, 0) is 62.2 Å². The van der Waals surface area contributed by atoms with Crippen molar-refractivity contribution in [1.29, 1.82) is 0 Å². The van der Waals surface area contributed by atoms with Crippen molar-refractivity contribution < 1.29 is 61.1 Å². The average Bonchev–Trinajstić information content (AvgIpc) is 3.24. The van der Waals surface area contributed by atoms with Gasteiger partial charge in [-0.25, -0.2) is 19.0 Å². The standard InChI is InChI=1S/C25H25F3N2O6.C16H17N3O6/c1-5-16-6-7-17(20(12-16)36-15(2)23(32)34-4)14-35-19-10-8-18(9-11-19)30-22(31)13-21(25(26,27)28)29(3)24(30)33;1-9(19-24-4)10-6-5-7-11(14(10)15(20)21)25-16-17-12(22-2)8-13(18-16)23-3/h6-13,15H,5,14H2,1-4H3;5-8H,1-4H3,(H,20,21). The first kappa shape index (κ1) is 46.3. The van der Waals surface area contributed by atoms with Gasteiger partial charge >= 0.3 is 29.8 Å². The largest absolute Gasteiger partial charge is 0.489 e. The summed E-state index contributed by atoms with van der Waals surface area (Å²) >= 11 is 0. The molecule has 0 spiro atoms. The number of hydrogen-bond acceptors (Lipinski definition) is 14. The number of nitrogens with zero attached hydrogens (tertiary/aromatic N) is 5. The Morgan fingerprint density at radius 3 is 2.11 bits per heavy atom. The first-order chi connectivity index (χ1) is 28.9. The molecule has 0 bridgehead atoms. The van der Waals surface area contributed by atoms with Crippen LogP contribution in [0.15, 0.2) is 87.5 Å². The number of hydrogen-bond donors (Lipinski definition) is 1. The maximum atomic E-state index is 13.1. The van der Waals surface area contributed by atoms with Crippen molar-refractivity contribution in [1.82, 2.24) is 19.1 Å². The highest BCUT2D eigenvalue weighted by Gasteiger charge is 2.35. The zero-order chi connectivity index (χ0) is 45.0. The number of carbonyl (C=O) groups excluding carboxylic acids is 1. The third-order valence-corrected chi connectivity index (χ3v) is 8.61. The molecular formula is C41H42F3N5O12. The predicted molar refractivity (Wildman–Crippen MR) is 212 cm³/mol. The van der Waals surface area contributed by atoms with Gasteiger partial charge in [0.15, 0.2) is 6.10 Å². The fourth-order valence-corrected chi connectivity index (χ4v) is 5.50. The Kier molecular flexibility index (Phi) is 15.6. The number of halogens is 3. The van der Waals surface area contributed by atoms with Crippen LogP contribution in [0.5, 0.6) is 35.0 Å². The van der Waals surface area contributed by atoms with Gasteiger partial charge in [0, 0.05) is 24.2 Å². The summed E-state index contributed by atoms with van der Waals surface area (Å²) in [4.78, 5) is 61.0. The molecule has 2 aromatic heterocycles. The monoisotopic (exact) mass is 853 g/mol. The van der Waals surface area contributed by atoms with Crippen molar-refractivity contribution in [3.63, 3.8) is 0 Å². The lowest BCUT2D eigenvalue weighted by Gasteiger charge is -2.17. The summed E-state index contributed by atoms with van der Waals surface area (Å²) in [5.41, 5.74) is -1.16. The van der Waals surface area contributed by atoms with Gasteiger partial charge in [-0.1, -0.05) is 36.3 Å². The van der Waals surface area contributed by atoms with Crippen LogP contribution in [-0.4, -0.2) is 76.4 Å². The SMILES string of the molecule is CCc1ccc(COc2ccc(-n3c(=O)cc(C(F)(F)F)n(C)c3=O)cc2)c(OC(C)C(=O)OC)c1.CON=C(C)c1cccc(Oc2nc(OC)cc(OC)n2)c1C(=O)O. The molecule has 20 heteroatoms. The first-order valence-corrected chi connectivity index (χ1v) is 18.0. The van der Waals surface area contributed by atoms with Crippen LogP contribution >= 0.6 is 0 Å². The molecule has 0 aliphatic rings. The predicted octanol–water partition coefficient (Wildman–Crippen LogP) is 5.99. The minimum Gasteiger partial charge on any atom is -0.489 e. The van der Waals surface area contributed by atoms with Crippen molar-refractivity contribution in [3.05, 3.63) is 122 Å². The van der Waals surface area contributed by atoms with E-state index in [0.29, 0.717) is 43.5 Å². The number of oxime groups is 1. The average molecular weight is 854 g/mol. The number of aromatic carboxylic acids is 1. The zero-order valence-electron chi connectivity index (χ0n) is 34.2. The second kappa shape index (κ2) is 20.5. The molecule has 0 amide bonds. The third kappa shape index (κ3) is 11.6. The molecule has 5 rings (SSSR count). The first-order valence-electron chi connectivity index (χ1n) is 18.0. The number of carboxylic acids is 1. The van der Waals surface area contributed by atoms with E-state index in [2.05, 4.69) is 15.1 Å². The Morgan fingerprint density at radius 1 is 0.902 bits per heavy atom. The van der Waals surface area contributed by atoms with Gasteiger partial charge in [0.05, 0.1) is 38.8 Å². The molecule has 324 valence electrons. The fraction of sp³-hybridized carbons (Fsp3) is 0.293. The van der Waals surface area contributed by atoms with Crippen LogP contribution in [0.4, 0.5) is 13.2 Å². The van der Waals surface area contributed by atoms with E-state index < -0.39 is 41.2 Å². The Bertz CT molecular complexity index is 2480. The van der Waals surface area contributed by atoms with Gasteiger partial charge in [0.25, 0.3) is 5.56 Å². The van der Waals surface area contributed by atoms with Gasteiger partial charge in [0.2, 0.25) is 11.8 Å². The summed E-state index contributed by atoms with van der Waals surface area (Å²) in [5, 5.41) is 13.3. The Morgan fingerprint density at radius 2 is 1.56 bits per heavy atom. The zero-order valence-corrected chi connectivity index (χ0v) is 34.2. The van der Waals surface area contributed by atoms with Gasteiger partial charge in [-0.3, -0.25) is 9.36 Å². The molecule has 17 nitrogen and oxygen atoms in total. The minimum absolute atomic E-state index is 0.0472. The summed E-state index contributed by atoms with van der Waals surface area (Å²) in [6.07, 6.45) is -4.91. The summed E-state index contributed by atoms with van der Waals surface area (Å²) < 4.78 is 72.1. The van der Waals surface area contributed by atoms with E-state index in [0.717, 1.165) is 19.0 Å². The Labute approximate surface area is 346 Å². The number of esters is 1. The van der Waals surface area contributed by atoms with Crippen LogP contribution in [-0.2, 0) is 40.6 Å². The normalized spacial score (nSPS) is 11.7. The number of aryl methyl sites for hydroxylation is 1. The van der Waals surface area contributed by atoms with Gasteiger partial charge < -0.3 is 38.4 Å². The maximum absolute atomic E-state index is 13.1. The van der Waals surface area contributed by atoms with Crippen molar-refractivity contribution in [2.24, 2.45) is 12.2 Å². The molecular weight excluding hydrogens is 811 g/mol. The van der Waals surface area contributed by atoms with Crippen LogP contribution in [0, 0.1) is 0 Å². The summed E-state index contributed by atoms with van der Waals surface area (Å²) in [5.74, 6) is -0.397. The Hall–Kier alpha value is -7.38. The third-order valence-electron chi connectivity index (χ3n) is 8.61. The molecule has 0 aliphatic heterocycles. The lowest BCUT2D eigenvalue weighted by Crippen LogP contribution is -2.40. The van der Waals surface area contributed by atoms with Crippen LogP contribution in [0.3, 0.4) is 0 Å². The van der Waals surface area contributed by atoms with E-state index in [1.54, 1.807) is 26.0 Å². The van der Waals surface area contributed by atoms with E-state index in [1.807, 2.05) is 25.1 Å². The molecule has 3 aromatic carbocycles. The number of alkyl halides is 3. The highest BCUT2D eigenvalue weighted by atomic mass is 19.4. The number of ether oxygens (including phenoxy) is 6. The summed E-state index contributed by atoms with van der Waals surface area (Å²) in [6, 6.07) is 17.7. The van der Waals surface area contributed by atoms with Crippen LogP contribution in [0.25, 0.3) is 5.69 Å².